The maximum absolute atomic E-state index is 12.9. The van der Waals surface area contributed by atoms with Crippen molar-refractivity contribution < 1.29 is 27.4 Å². The second kappa shape index (κ2) is 6.27. The smallest absolute Gasteiger partial charge is 0.418 e. The van der Waals surface area contributed by atoms with Crippen LogP contribution in [0.4, 0.5) is 18.9 Å². The fourth-order valence-electron chi connectivity index (χ4n) is 2.20. The van der Waals surface area contributed by atoms with E-state index in [1.165, 1.54) is 24.3 Å². The standard InChI is InChI=1S/C17H12F3NO3/c18-17(19,20)12-3-1-2-4-13(12)21-16(22)8-6-11-5-7-14-15(9-11)24-10-23-14/h1-9H,10H2,(H,21,22). The van der Waals surface area contributed by atoms with Gasteiger partial charge in [-0.15, -0.1) is 0 Å². The summed E-state index contributed by atoms with van der Waals surface area (Å²) < 4.78 is 49.0. The number of benzene rings is 2. The molecule has 4 nitrogen and oxygen atoms in total. The first-order valence-corrected chi connectivity index (χ1v) is 6.98. The van der Waals surface area contributed by atoms with Crippen molar-refractivity contribution >= 4 is 17.7 Å². The Bertz CT molecular complexity index is 800. The van der Waals surface area contributed by atoms with Crippen LogP contribution >= 0.6 is 0 Å². The zero-order valence-corrected chi connectivity index (χ0v) is 12.3. The number of hydrogen-bond donors (Lipinski definition) is 1. The molecule has 2 aromatic carbocycles. The Morgan fingerprint density at radius 1 is 1.08 bits per heavy atom. The fourth-order valence-corrected chi connectivity index (χ4v) is 2.20. The normalized spacial score (nSPS) is 13.3. The molecule has 7 heteroatoms. The Morgan fingerprint density at radius 2 is 1.83 bits per heavy atom. The van der Waals surface area contributed by atoms with Crippen molar-refractivity contribution in [2.45, 2.75) is 6.18 Å². The van der Waals surface area contributed by atoms with Gasteiger partial charge in [-0.2, -0.15) is 13.2 Å². The monoisotopic (exact) mass is 335 g/mol. The molecular weight excluding hydrogens is 323 g/mol. The quantitative estimate of drug-likeness (QED) is 0.860. The Kier molecular flexibility index (Phi) is 4.16. The molecule has 1 aliphatic heterocycles. The molecule has 24 heavy (non-hydrogen) atoms. The summed E-state index contributed by atoms with van der Waals surface area (Å²) in [6.07, 6.45) is -1.90. The maximum Gasteiger partial charge on any atom is 0.418 e. The van der Waals surface area contributed by atoms with Crippen LogP contribution in [0.15, 0.2) is 48.5 Å². The van der Waals surface area contributed by atoms with E-state index in [2.05, 4.69) is 5.32 Å². The third-order valence-corrected chi connectivity index (χ3v) is 3.31. The molecule has 1 heterocycles. The van der Waals surface area contributed by atoms with Gasteiger partial charge in [-0.1, -0.05) is 18.2 Å². The van der Waals surface area contributed by atoms with Gasteiger partial charge >= 0.3 is 6.18 Å². The summed E-state index contributed by atoms with van der Waals surface area (Å²) in [6.45, 7) is 0.136. The number of ether oxygens (including phenoxy) is 2. The third kappa shape index (κ3) is 3.51. The Balaban J connectivity index is 1.72. The topological polar surface area (TPSA) is 47.6 Å². The molecule has 0 atom stereocenters. The molecule has 0 unspecified atom stereocenters. The zero-order valence-electron chi connectivity index (χ0n) is 12.3. The molecule has 124 valence electrons. The van der Waals surface area contributed by atoms with E-state index in [1.54, 1.807) is 18.2 Å². The summed E-state index contributed by atoms with van der Waals surface area (Å²) in [6, 6.07) is 9.88. The van der Waals surface area contributed by atoms with Gasteiger partial charge in [0.25, 0.3) is 0 Å². The van der Waals surface area contributed by atoms with E-state index in [0.29, 0.717) is 17.1 Å². The van der Waals surface area contributed by atoms with Gasteiger partial charge in [0, 0.05) is 6.08 Å². The van der Waals surface area contributed by atoms with Gasteiger partial charge < -0.3 is 14.8 Å². The number of amides is 1. The number of halogens is 3. The van der Waals surface area contributed by atoms with Crippen LogP contribution in [0.1, 0.15) is 11.1 Å². The highest BCUT2D eigenvalue weighted by Gasteiger charge is 2.33. The number of carbonyl (C=O) groups excluding carboxylic acids is 1. The molecule has 0 aliphatic carbocycles. The van der Waals surface area contributed by atoms with E-state index in [4.69, 9.17) is 9.47 Å². The van der Waals surface area contributed by atoms with Crippen LogP contribution in [0, 0.1) is 0 Å². The first kappa shape index (κ1) is 15.9. The van der Waals surface area contributed by atoms with Crippen LogP contribution in [-0.4, -0.2) is 12.7 Å². The Hall–Kier alpha value is -2.96. The minimum absolute atomic E-state index is 0.136. The van der Waals surface area contributed by atoms with Crippen LogP contribution in [0.25, 0.3) is 6.08 Å². The average Bonchev–Trinajstić information content (AvgIpc) is 3.00. The van der Waals surface area contributed by atoms with Gasteiger partial charge in [0.05, 0.1) is 11.3 Å². The maximum atomic E-state index is 12.9. The van der Waals surface area contributed by atoms with Gasteiger partial charge in [0.2, 0.25) is 12.7 Å². The predicted molar refractivity (Wildman–Crippen MR) is 81.7 cm³/mol. The molecule has 3 rings (SSSR count). The van der Waals surface area contributed by atoms with E-state index < -0.39 is 17.6 Å². The molecule has 0 aromatic heterocycles. The van der Waals surface area contributed by atoms with Gasteiger partial charge in [-0.25, -0.2) is 0 Å². The largest absolute Gasteiger partial charge is 0.454 e. The number of fused-ring (bicyclic) bond motifs is 1. The number of para-hydroxylation sites is 1. The molecule has 1 amide bonds. The molecule has 0 fully saturated rings. The lowest BCUT2D eigenvalue weighted by Gasteiger charge is -2.12. The summed E-state index contributed by atoms with van der Waals surface area (Å²) in [4.78, 5) is 11.9. The molecule has 2 aromatic rings. The highest BCUT2D eigenvalue weighted by molar-refractivity contribution is 6.02. The van der Waals surface area contributed by atoms with Crippen LogP contribution in [0.3, 0.4) is 0 Å². The number of hydrogen-bond acceptors (Lipinski definition) is 3. The van der Waals surface area contributed by atoms with Crippen molar-refractivity contribution in [1.82, 2.24) is 0 Å². The highest BCUT2D eigenvalue weighted by atomic mass is 19.4. The number of anilines is 1. The SMILES string of the molecule is O=C(C=Cc1ccc2c(c1)OCO2)Nc1ccccc1C(F)(F)F. The van der Waals surface area contributed by atoms with Gasteiger partial charge in [-0.3, -0.25) is 4.79 Å². The van der Waals surface area contributed by atoms with Crippen molar-refractivity contribution in [3.8, 4) is 11.5 Å². The molecule has 1 aliphatic rings. The Morgan fingerprint density at radius 3 is 2.62 bits per heavy atom. The number of alkyl halides is 3. The van der Waals surface area contributed by atoms with Crippen LogP contribution < -0.4 is 14.8 Å². The van der Waals surface area contributed by atoms with Crippen molar-refractivity contribution in [1.29, 1.82) is 0 Å². The lowest BCUT2D eigenvalue weighted by molar-refractivity contribution is -0.136. The lowest BCUT2D eigenvalue weighted by atomic mass is 10.1. The second-order valence-corrected chi connectivity index (χ2v) is 4.98. The van der Waals surface area contributed by atoms with Crippen LogP contribution in [0.5, 0.6) is 11.5 Å². The zero-order chi connectivity index (χ0) is 17.2. The first-order chi connectivity index (χ1) is 11.4. The van der Waals surface area contributed by atoms with E-state index in [9.17, 15) is 18.0 Å². The minimum atomic E-state index is -4.54. The first-order valence-electron chi connectivity index (χ1n) is 6.98. The van der Waals surface area contributed by atoms with Gasteiger partial charge in [0.1, 0.15) is 0 Å². The second-order valence-electron chi connectivity index (χ2n) is 4.98. The molecular formula is C17H12F3NO3. The van der Waals surface area contributed by atoms with E-state index in [0.717, 1.165) is 12.1 Å². The summed E-state index contributed by atoms with van der Waals surface area (Å²) in [5, 5.41) is 2.24. The Labute approximate surface area is 135 Å². The van der Waals surface area contributed by atoms with Gasteiger partial charge in [-0.05, 0) is 35.9 Å². The molecule has 0 radical (unpaired) electrons. The minimum Gasteiger partial charge on any atom is -0.454 e. The van der Waals surface area contributed by atoms with E-state index in [-0.39, 0.29) is 12.5 Å². The predicted octanol–water partition coefficient (Wildman–Crippen LogP) is 4.09. The number of carbonyl (C=O) groups is 1. The third-order valence-electron chi connectivity index (χ3n) is 3.31. The summed E-state index contributed by atoms with van der Waals surface area (Å²) in [7, 11) is 0. The van der Waals surface area contributed by atoms with E-state index >= 15 is 0 Å². The average molecular weight is 335 g/mol. The molecule has 1 N–H and O–H groups in total. The summed E-state index contributed by atoms with van der Waals surface area (Å²) in [5.74, 6) is 0.500. The van der Waals surface area contributed by atoms with Crippen molar-refractivity contribution in [3.63, 3.8) is 0 Å². The molecule has 0 saturated heterocycles. The fraction of sp³-hybridized carbons (Fsp3) is 0.118. The van der Waals surface area contributed by atoms with Crippen molar-refractivity contribution in [3.05, 3.63) is 59.7 Å². The highest BCUT2D eigenvalue weighted by Crippen LogP contribution is 2.35. The van der Waals surface area contributed by atoms with E-state index in [1.807, 2.05) is 0 Å². The van der Waals surface area contributed by atoms with Crippen molar-refractivity contribution in [2.24, 2.45) is 0 Å². The lowest BCUT2D eigenvalue weighted by Crippen LogP contribution is -2.14. The van der Waals surface area contributed by atoms with Crippen molar-refractivity contribution in [2.75, 3.05) is 12.1 Å². The van der Waals surface area contributed by atoms with Crippen LogP contribution in [-0.2, 0) is 11.0 Å². The number of rotatable bonds is 3. The summed E-state index contributed by atoms with van der Waals surface area (Å²) in [5.41, 5.74) is -0.515. The molecule has 0 spiro atoms. The number of nitrogens with one attached hydrogen (secondary N) is 1. The molecule has 0 bridgehead atoms. The summed E-state index contributed by atoms with van der Waals surface area (Å²) >= 11 is 0. The van der Waals surface area contributed by atoms with Gasteiger partial charge in [0.15, 0.2) is 11.5 Å². The molecule has 0 saturated carbocycles. The van der Waals surface area contributed by atoms with Crippen LogP contribution in [0.2, 0.25) is 0 Å².